The summed E-state index contributed by atoms with van der Waals surface area (Å²) in [5.74, 6) is 0.331. The van der Waals surface area contributed by atoms with E-state index < -0.39 is 5.60 Å². The number of halogens is 1. The second-order valence-electron chi connectivity index (χ2n) is 9.69. The molecule has 2 aliphatic carbocycles. The largest absolute Gasteiger partial charge is 0.444 e. The Bertz CT molecular complexity index is 989. The van der Waals surface area contributed by atoms with Gasteiger partial charge in [-0.3, -0.25) is 9.78 Å². The highest BCUT2D eigenvalue weighted by molar-refractivity contribution is 9.10. The van der Waals surface area contributed by atoms with E-state index in [-0.39, 0.29) is 29.9 Å². The van der Waals surface area contributed by atoms with Crippen molar-refractivity contribution in [1.29, 1.82) is 0 Å². The van der Waals surface area contributed by atoms with Crippen LogP contribution in [0.3, 0.4) is 0 Å². The normalized spacial score (nSPS) is 21.5. The summed E-state index contributed by atoms with van der Waals surface area (Å²) < 4.78 is 6.34. The Labute approximate surface area is 191 Å². The Morgan fingerprint density at radius 1 is 1.06 bits per heavy atom. The molecule has 0 radical (unpaired) electrons. The van der Waals surface area contributed by atoms with Crippen molar-refractivity contribution in [2.75, 3.05) is 5.32 Å². The Hall–Kier alpha value is -2.15. The first-order valence-electron chi connectivity index (χ1n) is 11.1. The van der Waals surface area contributed by atoms with E-state index in [2.05, 4.69) is 31.5 Å². The third kappa shape index (κ3) is 5.56. The van der Waals surface area contributed by atoms with Crippen LogP contribution in [0.2, 0.25) is 0 Å². The number of alkyl carbamates (subject to hydrolysis) is 1. The molecule has 31 heavy (non-hydrogen) atoms. The van der Waals surface area contributed by atoms with Gasteiger partial charge in [0.2, 0.25) is 0 Å². The summed E-state index contributed by atoms with van der Waals surface area (Å²) in [4.78, 5) is 29.5. The van der Waals surface area contributed by atoms with Crippen LogP contribution in [0, 0.1) is 5.92 Å². The first-order valence-corrected chi connectivity index (χ1v) is 11.9. The van der Waals surface area contributed by atoms with Crippen molar-refractivity contribution in [1.82, 2.24) is 10.3 Å². The zero-order valence-corrected chi connectivity index (χ0v) is 19.9. The fourth-order valence-electron chi connectivity index (χ4n) is 4.13. The number of fused-ring (bicyclic) bond motifs is 1. The Morgan fingerprint density at radius 2 is 1.74 bits per heavy atom. The molecule has 166 valence electrons. The van der Waals surface area contributed by atoms with Gasteiger partial charge in [0.1, 0.15) is 5.60 Å². The van der Waals surface area contributed by atoms with Gasteiger partial charge in [0.15, 0.2) is 5.78 Å². The van der Waals surface area contributed by atoms with Crippen LogP contribution < -0.4 is 10.6 Å². The minimum atomic E-state index is -0.496. The number of nitrogens with zero attached hydrogens (tertiary/aromatic N) is 1. The molecule has 0 aliphatic heterocycles. The van der Waals surface area contributed by atoms with E-state index in [4.69, 9.17) is 4.74 Å². The summed E-state index contributed by atoms with van der Waals surface area (Å²) >= 11 is 3.55. The molecule has 6 nitrogen and oxygen atoms in total. The van der Waals surface area contributed by atoms with Crippen LogP contribution in [0.25, 0.3) is 10.9 Å². The van der Waals surface area contributed by atoms with Gasteiger partial charge in [0.05, 0.1) is 16.8 Å². The van der Waals surface area contributed by atoms with Gasteiger partial charge in [-0.15, -0.1) is 0 Å². The van der Waals surface area contributed by atoms with E-state index in [1.54, 1.807) is 6.20 Å². The molecule has 0 saturated heterocycles. The molecular weight excluding hydrogens is 458 g/mol. The molecule has 4 rings (SSSR count). The first kappa shape index (κ1) is 22.1. The van der Waals surface area contributed by atoms with E-state index in [9.17, 15) is 9.59 Å². The molecule has 1 heterocycles. The standard InChI is InChI=1S/C24H30BrN3O3/c1-24(2,3)31-23(30)28-17-9-7-16(8-10-17)27-21-18-12-15(25)6-11-20(18)26-13-19(21)22(29)14-4-5-14/h6,11-14,16-17H,4-5,7-10H2,1-3H3,(H,26,27)(H,28,30)/t16-,17-. The number of hydrogen-bond acceptors (Lipinski definition) is 5. The molecule has 2 saturated carbocycles. The van der Waals surface area contributed by atoms with Gasteiger partial charge in [-0.25, -0.2) is 4.79 Å². The zero-order chi connectivity index (χ0) is 22.2. The van der Waals surface area contributed by atoms with Crippen molar-refractivity contribution in [2.45, 2.75) is 77.0 Å². The average molecular weight is 488 g/mol. The van der Waals surface area contributed by atoms with Crippen molar-refractivity contribution in [3.05, 3.63) is 34.4 Å². The fourth-order valence-corrected chi connectivity index (χ4v) is 4.49. The lowest BCUT2D eigenvalue weighted by molar-refractivity contribution is 0.0492. The lowest BCUT2D eigenvalue weighted by Crippen LogP contribution is -2.42. The highest BCUT2D eigenvalue weighted by Gasteiger charge is 2.33. The quantitative estimate of drug-likeness (QED) is 0.517. The third-order valence-electron chi connectivity index (χ3n) is 5.84. The highest BCUT2D eigenvalue weighted by Crippen LogP contribution is 2.38. The van der Waals surface area contributed by atoms with Gasteiger partial charge in [-0.05, 0) is 77.5 Å². The molecule has 7 heteroatoms. The van der Waals surface area contributed by atoms with Crippen molar-refractivity contribution >= 4 is 44.4 Å². The van der Waals surface area contributed by atoms with Crippen molar-refractivity contribution in [2.24, 2.45) is 5.92 Å². The molecule has 0 unspecified atom stereocenters. The maximum atomic E-state index is 12.9. The average Bonchev–Trinajstić information content (AvgIpc) is 3.53. The number of anilines is 1. The molecule has 2 aromatic rings. The summed E-state index contributed by atoms with van der Waals surface area (Å²) in [7, 11) is 0. The smallest absolute Gasteiger partial charge is 0.407 e. The first-order chi connectivity index (χ1) is 14.7. The number of rotatable bonds is 5. The highest BCUT2D eigenvalue weighted by atomic mass is 79.9. The van der Waals surface area contributed by atoms with Crippen LogP contribution in [-0.2, 0) is 4.74 Å². The number of amides is 1. The van der Waals surface area contributed by atoms with Crippen LogP contribution in [0.5, 0.6) is 0 Å². The van der Waals surface area contributed by atoms with Crippen molar-refractivity contribution < 1.29 is 14.3 Å². The third-order valence-corrected chi connectivity index (χ3v) is 6.33. The van der Waals surface area contributed by atoms with Crippen LogP contribution in [-0.4, -0.2) is 34.5 Å². The molecule has 0 bridgehead atoms. The van der Waals surface area contributed by atoms with Crippen molar-refractivity contribution in [3.8, 4) is 0 Å². The Morgan fingerprint density at radius 3 is 2.39 bits per heavy atom. The predicted molar refractivity (Wildman–Crippen MR) is 126 cm³/mol. The SMILES string of the molecule is CC(C)(C)OC(=O)N[C@H]1CC[C@H](Nc2c(C(=O)C3CC3)cnc3ccc(Br)cc23)CC1. The van der Waals surface area contributed by atoms with Gasteiger partial charge in [0.25, 0.3) is 0 Å². The molecule has 0 spiro atoms. The van der Waals surface area contributed by atoms with E-state index in [1.165, 1.54) is 0 Å². The molecule has 1 aromatic heterocycles. The number of carbonyl (C=O) groups is 2. The van der Waals surface area contributed by atoms with Crippen LogP contribution in [0.4, 0.5) is 10.5 Å². The van der Waals surface area contributed by atoms with Crippen LogP contribution in [0.15, 0.2) is 28.9 Å². The summed E-state index contributed by atoms with van der Waals surface area (Å²) in [6.07, 6.45) is 6.88. The molecule has 2 aliphatic rings. The zero-order valence-electron chi connectivity index (χ0n) is 18.3. The topological polar surface area (TPSA) is 80.3 Å². The second kappa shape index (κ2) is 8.77. The number of nitrogens with one attached hydrogen (secondary N) is 2. The van der Waals surface area contributed by atoms with E-state index in [0.717, 1.165) is 59.6 Å². The van der Waals surface area contributed by atoms with E-state index >= 15 is 0 Å². The molecule has 2 fully saturated rings. The number of ketones is 1. The summed E-state index contributed by atoms with van der Waals surface area (Å²) in [6.45, 7) is 5.60. The summed E-state index contributed by atoms with van der Waals surface area (Å²) in [5.41, 5.74) is 1.97. The lowest BCUT2D eigenvalue weighted by Gasteiger charge is -2.31. The number of carbonyl (C=O) groups excluding carboxylic acids is 2. The molecular formula is C24H30BrN3O3. The summed E-state index contributed by atoms with van der Waals surface area (Å²) in [6, 6.07) is 6.33. The predicted octanol–water partition coefficient (Wildman–Crippen LogP) is 5.84. The molecule has 1 amide bonds. The van der Waals surface area contributed by atoms with Crippen LogP contribution >= 0.6 is 15.9 Å². The second-order valence-corrected chi connectivity index (χ2v) is 10.6. The molecule has 2 N–H and O–H groups in total. The van der Waals surface area contributed by atoms with Crippen LogP contribution in [0.1, 0.15) is 69.7 Å². The minimum absolute atomic E-state index is 0.115. The van der Waals surface area contributed by atoms with E-state index in [1.807, 2.05) is 39.0 Å². The Balaban J connectivity index is 1.47. The fraction of sp³-hybridized carbons (Fsp3) is 0.542. The van der Waals surface area contributed by atoms with E-state index in [0.29, 0.717) is 5.56 Å². The molecule has 0 atom stereocenters. The minimum Gasteiger partial charge on any atom is -0.444 e. The monoisotopic (exact) mass is 487 g/mol. The van der Waals surface area contributed by atoms with Gasteiger partial charge in [-0.1, -0.05) is 15.9 Å². The number of ether oxygens (including phenoxy) is 1. The van der Waals surface area contributed by atoms with Gasteiger partial charge < -0.3 is 15.4 Å². The van der Waals surface area contributed by atoms with Gasteiger partial charge in [0, 0.05) is 34.1 Å². The number of aromatic nitrogens is 1. The van der Waals surface area contributed by atoms with Crippen molar-refractivity contribution in [3.63, 3.8) is 0 Å². The number of Topliss-reactive ketones (excluding diaryl/α,β-unsaturated/α-hetero) is 1. The maximum absolute atomic E-state index is 12.9. The number of hydrogen-bond donors (Lipinski definition) is 2. The summed E-state index contributed by atoms with van der Waals surface area (Å²) in [5, 5.41) is 7.63. The number of benzene rings is 1. The maximum Gasteiger partial charge on any atom is 0.407 e. The van der Waals surface area contributed by atoms with Gasteiger partial charge in [-0.2, -0.15) is 0 Å². The molecule has 1 aromatic carbocycles. The Kier molecular flexibility index (Phi) is 6.24. The lowest BCUT2D eigenvalue weighted by atomic mass is 9.90. The number of pyridine rings is 1. The van der Waals surface area contributed by atoms with Gasteiger partial charge >= 0.3 is 6.09 Å².